The average molecular weight is 224 g/mol. The molecule has 0 fully saturated rings. The Morgan fingerprint density at radius 3 is 2.14 bits per heavy atom. The van der Waals surface area contributed by atoms with Gasteiger partial charge in [0.25, 0.3) is 0 Å². The first-order valence-corrected chi connectivity index (χ1v) is 6.48. The van der Waals surface area contributed by atoms with Gasteiger partial charge < -0.3 is 10.2 Å². The van der Waals surface area contributed by atoms with Crippen LogP contribution < -0.4 is 0 Å². The number of hydrogen-bond acceptors (Lipinski definition) is 4. The van der Waals surface area contributed by atoms with Crippen molar-refractivity contribution < 1.29 is 18.6 Å². The van der Waals surface area contributed by atoms with E-state index in [1.54, 1.807) is 0 Å². The van der Waals surface area contributed by atoms with Gasteiger partial charge in [0.15, 0.2) is 9.84 Å². The number of hydrogen-bond donors (Lipinski definition) is 2. The quantitative estimate of drug-likeness (QED) is 0.699. The summed E-state index contributed by atoms with van der Waals surface area (Å²) in [6.07, 6.45) is -0.590. The van der Waals surface area contributed by atoms with E-state index in [0.29, 0.717) is 6.42 Å². The Hall–Kier alpha value is -0.130. The van der Waals surface area contributed by atoms with E-state index >= 15 is 0 Å². The van der Waals surface area contributed by atoms with Gasteiger partial charge in [-0.25, -0.2) is 8.42 Å². The number of sulfone groups is 1. The summed E-state index contributed by atoms with van der Waals surface area (Å²) in [5.74, 6) is -0.285. The van der Waals surface area contributed by atoms with Crippen molar-refractivity contribution in [3.8, 4) is 0 Å². The van der Waals surface area contributed by atoms with Gasteiger partial charge in [0.2, 0.25) is 0 Å². The number of rotatable bonds is 5. The molecule has 5 heteroatoms. The van der Waals surface area contributed by atoms with Crippen LogP contribution in [0.1, 0.15) is 27.2 Å². The molecule has 0 aromatic rings. The van der Waals surface area contributed by atoms with E-state index in [9.17, 15) is 8.42 Å². The van der Waals surface area contributed by atoms with Crippen molar-refractivity contribution in [2.75, 3.05) is 18.1 Å². The lowest BCUT2D eigenvalue weighted by molar-refractivity contribution is 0.112. The zero-order chi connectivity index (χ0) is 11.4. The van der Waals surface area contributed by atoms with Crippen LogP contribution in [0.3, 0.4) is 0 Å². The minimum atomic E-state index is -3.24. The van der Waals surface area contributed by atoms with Gasteiger partial charge in [0, 0.05) is 0 Å². The Kier molecular flexibility index (Phi) is 5.05. The summed E-state index contributed by atoms with van der Waals surface area (Å²) in [4.78, 5) is 0. The van der Waals surface area contributed by atoms with E-state index in [-0.39, 0.29) is 16.9 Å². The second-order valence-electron chi connectivity index (χ2n) is 4.76. The molecule has 4 nitrogen and oxygen atoms in total. The molecule has 0 aliphatic rings. The Labute approximate surface area is 85.9 Å². The molecule has 86 valence electrons. The largest absolute Gasteiger partial charge is 0.394 e. The van der Waals surface area contributed by atoms with E-state index < -0.39 is 22.5 Å². The van der Waals surface area contributed by atoms with E-state index in [2.05, 4.69) is 0 Å². The van der Waals surface area contributed by atoms with Gasteiger partial charge in [-0.05, 0) is 11.8 Å². The molecule has 0 saturated carbocycles. The zero-order valence-corrected chi connectivity index (χ0v) is 9.84. The molecular weight excluding hydrogens is 204 g/mol. The summed E-state index contributed by atoms with van der Waals surface area (Å²) in [5.41, 5.74) is -0.0305. The highest BCUT2D eigenvalue weighted by Gasteiger charge is 2.20. The van der Waals surface area contributed by atoms with Crippen LogP contribution in [-0.4, -0.2) is 42.8 Å². The molecule has 1 atom stereocenters. The van der Waals surface area contributed by atoms with Crippen molar-refractivity contribution in [2.45, 2.75) is 33.3 Å². The van der Waals surface area contributed by atoms with E-state index in [1.807, 2.05) is 20.8 Å². The van der Waals surface area contributed by atoms with Crippen molar-refractivity contribution in [3.63, 3.8) is 0 Å². The molecule has 1 unspecified atom stereocenters. The van der Waals surface area contributed by atoms with Gasteiger partial charge in [0.1, 0.15) is 0 Å². The fourth-order valence-electron chi connectivity index (χ4n) is 0.891. The van der Waals surface area contributed by atoms with Crippen LogP contribution in [0.2, 0.25) is 0 Å². The van der Waals surface area contributed by atoms with Crippen molar-refractivity contribution in [2.24, 2.45) is 5.41 Å². The Bertz CT molecular complexity index is 250. The van der Waals surface area contributed by atoms with Crippen LogP contribution in [0.25, 0.3) is 0 Å². The van der Waals surface area contributed by atoms with E-state index in [0.717, 1.165) is 0 Å². The summed E-state index contributed by atoms with van der Waals surface area (Å²) in [6, 6.07) is 0. The number of aliphatic hydroxyl groups excluding tert-OH is 2. The maximum atomic E-state index is 11.4. The third kappa shape index (κ3) is 7.29. The molecule has 0 spiro atoms. The maximum Gasteiger partial charge on any atom is 0.152 e. The third-order valence-electron chi connectivity index (χ3n) is 1.82. The molecular formula is C9H20O4S. The fourth-order valence-corrected chi connectivity index (χ4v) is 2.67. The second-order valence-corrected chi connectivity index (χ2v) is 6.99. The molecule has 0 bridgehead atoms. The molecule has 0 radical (unpaired) electrons. The predicted molar refractivity (Wildman–Crippen MR) is 55.8 cm³/mol. The first-order chi connectivity index (χ1) is 6.16. The van der Waals surface area contributed by atoms with Crippen molar-refractivity contribution in [1.82, 2.24) is 0 Å². The van der Waals surface area contributed by atoms with Gasteiger partial charge >= 0.3 is 0 Å². The maximum absolute atomic E-state index is 11.4. The SMILES string of the molecule is CC(C)(C)CCS(=O)(=O)CC(O)CO. The minimum absolute atomic E-state index is 0.0305. The standard InChI is InChI=1S/C9H20O4S/c1-9(2,3)4-5-14(12,13)7-8(11)6-10/h8,10-11H,4-7H2,1-3H3. The highest BCUT2D eigenvalue weighted by atomic mass is 32.2. The van der Waals surface area contributed by atoms with Gasteiger partial charge in [-0.3, -0.25) is 0 Å². The van der Waals surface area contributed by atoms with Crippen LogP contribution in [-0.2, 0) is 9.84 Å². The lowest BCUT2D eigenvalue weighted by Gasteiger charge is -2.18. The topological polar surface area (TPSA) is 74.6 Å². The molecule has 0 aromatic heterocycles. The van der Waals surface area contributed by atoms with Gasteiger partial charge in [-0.1, -0.05) is 20.8 Å². The van der Waals surface area contributed by atoms with Gasteiger partial charge in [-0.15, -0.1) is 0 Å². The summed E-state index contributed by atoms with van der Waals surface area (Å²) < 4.78 is 22.8. The molecule has 0 aliphatic carbocycles. The summed E-state index contributed by atoms with van der Waals surface area (Å²) in [7, 11) is -3.24. The predicted octanol–water partition coefficient (Wildman–Crippen LogP) is 0.191. The normalized spacial score (nSPS) is 15.5. The summed E-state index contributed by atoms with van der Waals surface area (Å²) in [5, 5.41) is 17.5. The van der Waals surface area contributed by atoms with E-state index in [4.69, 9.17) is 10.2 Å². The van der Waals surface area contributed by atoms with Crippen molar-refractivity contribution in [1.29, 1.82) is 0 Å². The highest BCUT2D eigenvalue weighted by Crippen LogP contribution is 2.19. The lowest BCUT2D eigenvalue weighted by Crippen LogP contribution is -2.27. The fraction of sp³-hybridized carbons (Fsp3) is 1.00. The molecule has 0 aliphatic heterocycles. The van der Waals surface area contributed by atoms with Crippen molar-refractivity contribution in [3.05, 3.63) is 0 Å². The van der Waals surface area contributed by atoms with E-state index in [1.165, 1.54) is 0 Å². The smallest absolute Gasteiger partial charge is 0.152 e. The molecule has 0 amide bonds. The molecule has 2 N–H and O–H groups in total. The summed E-state index contributed by atoms with van der Waals surface area (Å²) in [6.45, 7) is 5.38. The number of aliphatic hydroxyl groups is 2. The summed E-state index contributed by atoms with van der Waals surface area (Å²) >= 11 is 0. The first kappa shape index (κ1) is 13.9. The second kappa shape index (κ2) is 5.09. The van der Waals surface area contributed by atoms with Crippen molar-refractivity contribution >= 4 is 9.84 Å². The molecule has 0 aromatic carbocycles. The van der Waals surface area contributed by atoms with Crippen LogP contribution >= 0.6 is 0 Å². The molecule has 0 heterocycles. The Morgan fingerprint density at radius 2 is 1.79 bits per heavy atom. The molecule has 0 saturated heterocycles. The Balaban J connectivity index is 4.10. The lowest BCUT2D eigenvalue weighted by atomic mass is 9.94. The monoisotopic (exact) mass is 224 g/mol. The molecule has 14 heavy (non-hydrogen) atoms. The van der Waals surface area contributed by atoms with Crippen LogP contribution in [0.4, 0.5) is 0 Å². The zero-order valence-electron chi connectivity index (χ0n) is 9.02. The first-order valence-electron chi connectivity index (χ1n) is 4.66. The van der Waals surface area contributed by atoms with Crippen LogP contribution in [0, 0.1) is 5.41 Å². The third-order valence-corrected chi connectivity index (χ3v) is 3.54. The average Bonchev–Trinajstić information content (AvgIpc) is 1.99. The minimum Gasteiger partial charge on any atom is -0.394 e. The van der Waals surface area contributed by atoms with Crippen LogP contribution in [0.15, 0.2) is 0 Å². The Morgan fingerprint density at radius 1 is 1.29 bits per heavy atom. The van der Waals surface area contributed by atoms with Crippen LogP contribution in [0.5, 0.6) is 0 Å². The molecule has 0 rings (SSSR count). The highest BCUT2D eigenvalue weighted by molar-refractivity contribution is 7.91. The van der Waals surface area contributed by atoms with Gasteiger partial charge in [0.05, 0.1) is 24.2 Å². The van der Waals surface area contributed by atoms with Gasteiger partial charge in [-0.2, -0.15) is 0 Å².